The predicted molar refractivity (Wildman–Crippen MR) is 81.3 cm³/mol. The molecule has 3 rings (SSSR count). The number of hydrogen-bond acceptors (Lipinski definition) is 5. The SMILES string of the molecule is N#Cc1ccc(NC2CC(N(CC(=O)O)CC3CC3)C2)cn1. The van der Waals surface area contributed by atoms with Crippen LogP contribution in [0.1, 0.15) is 31.4 Å². The Morgan fingerprint density at radius 3 is 2.77 bits per heavy atom. The standard InChI is InChI=1S/C16H20N4O2/c17-7-12-3-4-13(8-18-12)19-14-5-15(6-14)20(10-16(21)22)9-11-1-2-11/h3-4,8,11,14-15,19H,1-2,5-6,9-10H2,(H,21,22). The fraction of sp³-hybridized carbons (Fsp3) is 0.562. The van der Waals surface area contributed by atoms with Gasteiger partial charge in [-0.25, -0.2) is 4.98 Å². The molecule has 0 amide bonds. The van der Waals surface area contributed by atoms with Gasteiger partial charge in [-0.2, -0.15) is 5.26 Å². The van der Waals surface area contributed by atoms with Crippen LogP contribution >= 0.6 is 0 Å². The molecule has 2 fully saturated rings. The molecule has 1 heterocycles. The minimum absolute atomic E-state index is 0.145. The van der Waals surface area contributed by atoms with E-state index in [2.05, 4.69) is 15.2 Å². The number of carbonyl (C=O) groups is 1. The zero-order valence-electron chi connectivity index (χ0n) is 12.4. The number of anilines is 1. The fourth-order valence-electron chi connectivity index (χ4n) is 2.93. The first-order valence-electron chi connectivity index (χ1n) is 7.72. The molecule has 22 heavy (non-hydrogen) atoms. The summed E-state index contributed by atoms with van der Waals surface area (Å²) in [6, 6.07) is 6.27. The predicted octanol–water partition coefficient (Wildman–Crippen LogP) is 1.69. The molecule has 6 nitrogen and oxygen atoms in total. The second-order valence-corrected chi connectivity index (χ2v) is 6.28. The van der Waals surface area contributed by atoms with Crippen LogP contribution in [0.15, 0.2) is 18.3 Å². The number of nitrogens with one attached hydrogen (secondary N) is 1. The lowest BCUT2D eigenvalue weighted by atomic mass is 9.85. The molecule has 2 aliphatic carbocycles. The van der Waals surface area contributed by atoms with Gasteiger partial charge in [0.2, 0.25) is 0 Å². The molecule has 0 aromatic carbocycles. The number of nitriles is 1. The summed E-state index contributed by atoms with van der Waals surface area (Å²) in [4.78, 5) is 17.2. The molecule has 0 unspecified atom stereocenters. The van der Waals surface area contributed by atoms with Crippen molar-refractivity contribution in [2.24, 2.45) is 5.92 Å². The van der Waals surface area contributed by atoms with Gasteiger partial charge in [0.1, 0.15) is 11.8 Å². The fourth-order valence-corrected chi connectivity index (χ4v) is 2.93. The van der Waals surface area contributed by atoms with Crippen molar-refractivity contribution in [1.82, 2.24) is 9.88 Å². The summed E-state index contributed by atoms with van der Waals surface area (Å²) >= 11 is 0. The highest BCUT2D eigenvalue weighted by Gasteiger charge is 2.37. The molecule has 2 aliphatic rings. The van der Waals surface area contributed by atoms with Crippen LogP contribution in [0.5, 0.6) is 0 Å². The van der Waals surface area contributed by atoms with E-state index in [0.29, 0.717) is 23.7 Å². The van der Waals surface area contributed by atoms with Crippen LogP contribution in [-0.2, 0) is 4.79 Å². The molecule has 2 saturated carbocycles. The van der Waals surface area contributed by atoms with Gasteiger partial charge in [-0.15, -0.1) is 0 Å². The van der Waals surface area contributed by atoms with E-state index in [1.54, 1.807) is 12.3 Å². The normalized spacial score (nSPS) is 23.6. The van der Waals surface area contributed by atoms with Gasteiger partial charge in [-0.05, 0) is 43.7 Å². The lowest BCUT2D eigenvalue weighted by Crippen LogP contribution is -2.52. The van der Waals surface area contributed by atoms with Crippen molar-refractivity contribution < 1.29 is 9.90 Å². The van der Waals surface area contributed by atoms with E-state index in [-0.39, 0.29) is 6.54 Å². The first-order valence-corrected chi connectivity index (χ1v) is 7.72. The molecular weight excluding hydrogens is 280 g/mol. The number of aromatic nitrogens is 1. The number of nitrogens with zero attached hydrogens (tertiary/aromatic N) is 3. The van der Waals surface area contributed by atoms with Crippen LogP contribution in [-0.4, -0.2) is 46.1 Å². The first-order chi connectivity index (χ1) is 10.6. The van der Waals surface area contributed by atoms with Crippen molar-refractivity contribution in [2.45, 2.75) is 37.8 Å². The molecule has 0 atom stereocenters. The van der Waals surface area contributed by atoms with Gasteiger partial charge in [0.25, 0.3) is 0 Å². The number of hydrogen-bond donors (Lipinski definition) is 2. The highest BCUT2D eigenvalue weighted by atomic mass is 16.4. The zero-order chi connectivity index (χ0) is 15.5. The Hall–Kier alpha value is -2.13. The summed E-state index contributed by atoms with van der Waals surface area (Å²) in [6.45, 7) is 1.06. The number of aliphatic carboxylic acids is 1. The Kier molecular flexibility index (Phi) is 4.25. The molecule has 116 valence electrons. The van der Waals surface area contributed by atoms with Crippen LogP contribution in [0.4, 0.5) is 5.69 Å². The van der Waals surface area contributed by atoms with E-state index in [1.807, 2.05) is 12.1 Å². The van der Waals surface area contributed by atoms with Crippen molar-refractivity contribution in [3.8, 4) is 6.07 Å². The third-order valence-electron chi connectivity index (χ3n) is 4.41. The maximum absolute atomic E-state index is 11.0. The van der Waals surface area contributed by atoms with Crippen molar-refractivity contribution in [3.05, 3.63) is 24.0 Å². The Labute approximate surface area is 129 Å². The van der Waals surface area contributed by atoms with Crippen molar-refractivity contribution in [3.63, 3.8) is 0 Å². The average molecular weight is 300 g/mol. The number of pyridine rings is 1. The summed E-state index contributed by atoms with van der Waals surface area (Å²) in [7, 11) is 0. The maximum Gasteiger partial charge on any atom is 0.317 e. The topological polar surface area (TPSA) is 89.2 Å². The largest absolute Gasteiger partial charge is 0.480 e. The quantitative estimate of drug-likeness (QED) is 0.796. The van der Waals surface area contributed by atoms with Crippen molar-refractivity contribution >= 4 is 11.7 Å². The molecule has 0 saturated heterocycles. The van der Waals surface area contributed by atoms with E-state index in [9.17, 15) is 4.79 Å². The average Bonchev–Trinajstić information content (AvgIpc) is 3.26. The molecule has 1 aromatic heterocycles. The van der Waals surface area contributed by atoms with E-state index in [4.69, 9.17) is 10.4 Å². The Morgan fingerprint density at radius 2 is 2.23 bits per heavy atom. The summed E-state index contributed by atoms with van der Waals surface area (Å²) < 4.78 is 0. The molecule has 0 spiro atoms. The van der Waals surface area contributed by atoms with Crippen LogP contribution in [0.25, 0.3) is 0 Å². The van der Waals surface area contributed by atoms with E-state index in [0.717, 1.165) is 25.1 Å². The van der Waals surface area contributed by atoms with Crippen LogP contribution in [0, 0.1) is 17.2 Å². The minimum Gasteiger partial charge on any atom is -0.480 e. The second kappa shape index (κ2) is 6.32. The smallest absolute Gasteiger partial charge is 0.317 e. The highest BCUT2D eigenvalue weighted by Crippen LogP contribution is 2.34. The van der Waals surface area contributed by atoms with E-state index < -0.39 is 5.97 Å². The van der Waals surface area contributed by atoms with Gasteiger partial charge < -0.3 is 10.4 Å². The van der Waals surface area contributed by atoms with Crippen molar-refractivity contribution in [1.29, 1.82) is 5.26 Å². The summed E-state index contributed by atoms with van der Waals surface area (Å²) in [5.74, 6) is -0.0394. The van der Waals surface area contributed by atoms with Crippen LogP contribution in [0.3, 0.4) is 0 Å². The first kappa shape index (κ1) is 14.8. The third-order valence-corrected chi connectivity index (χ3v) is 4.41. The molecule has 6 heteroatoms. The second-order valence-electron chi connectivity index (χ2n) is 6.28. The maximum atomic E-state index is 11.0. The molecule has 0 aliphatic heterocycles. The lowest BCUT2D eigenvalue weighted by molar-refractivity contribution is -0.139. The molecule has 0 bridgehead atoms. The number of rotatable bonds is 7. The van der Waals surface area contributed by atoms with Gasteiger partial charge in [0.05, 0.1) is 18.4 Å². The highest BCUT2D eigenvalue weighted by molar-refractivity contribution is 5.69. The van der Waals surface area contributed by atoms with Crippen LogP contribution in [0.2, 0.25) is 0 Å². The van der Waals surface area contributed by atoms with E-state index in [1.165, 1.54) is 12.8 Å². The summed E-state index contributed by atoms with van der Waals surface area (Å²) in [5.41, 5.74) is 1.32. The summed E-state index contributed by atoms with van der Waals surface area (Å²) in [5, 5.41) is 21.2. The zero-order valence-corrected chi connectivity index (χ0v) is 12.4. The lowest BCUT2D eigenvalue weighted by Gasteiger charge is -2.43. The number of carboxylic acid groups (broad SMARTS) is 1. The van der Waals surface area contributed by atoms with Gasteiger partial charge >= 0.3 is 5.97 Å². The Morgan fingerprint density at radius 1 is 1.45 bits per heavy atom. The van der Waals surface area contributed by atoms with E-state index >= 15 is 0 Å². The van der Waals surface area contributed by atoms with Gasteiger partial charge in [0, 0.05) is 18.6 Å². The molecule has 0 radical (unpaired) electrons. The third kappa shape index (κ3) is 3.74. The van der Waals surface area contributed by atoms with Gasteiger partial charge in [0.15, 0.2) is 0 Å². The number of carboxylic acids is 1. The van der Waals surface area contributed by atoms with Crippen LogP contribution < -0.4 is 5.32 Å². The molecular formula is C16H20N4O2. The Balaban J connectivity index is 1.48. The van der Waals surface area contributed by atoms with Crippen molar-refractivity contribution in [2.75, 3.05) is 18.4 Å². The molecule has 1 aromatic rings. The summed E-state index contributed by atoms with van der Waals surface area (Å²) in [6.07, 6.45) is 6.06. The minimum atomic E-state index is -0.742. The molecule has 2 N–H and O–H groups in total. The Bertz CT molecular complexity index is 571. The van der Waals surface area contributed by atoms with Gasteiger partial charge in [-0.1, -0.05) is 0 Å². The van der Waals surface area contributed by atoms with Gasteiger partial charge in [-0.3, -0.25) is 9.69 Å². The monoisotopic (exact) mass is 300 g/mol.